The van der Waals surface area contributed by atoms with Gasteiger partial charge in [0.15, 0.2) is 6.29 Å². The number of methoxy groups -OCH3 is 2. The van der Waals surface area contributed by atoms with Gasteiger partial charge in [-0.3, -0.25) is 4.79 Å². The van der Waals surface area contributed by atoms with Crippen LogP contribution in [0, 0.1) is 0 Å². The molecule has 2 unspecified atom stereocenters. The lowest BCUT2D eigenvalue weighted by Crippen LogP contribution is -2.48. The maximum Gasteiger partial charge on any atom is 0.243 e. The largest absolute Gasteiger partial charge is 0.373 e. The predicted octanol–water partition coefficient (Wildman–Crippen LogP) is 1.15. The number of nitrogens with one attached hydrogen (secondary N) is 2. The van der Waals surface area contributed by atoms with Gasteiger partial charge >= 0.3 is 0 Å². The summed E-state index contributed by atoms with van der Waals surface area (Å²) in [7, 11) is 3.11. The number of ether oxygens (including phenoxy) is 2. The van der Waals surface area contributed by atoms with E-state index in [1.165, 1.54) is 5.56 Å². The number of anilines is 1. The summed E-state index contributed by atoms with van der Waals surface area (Å²) in [5, 5.41) is 6.13. The van der Waals surface area contributed by atoms with Crippen LogP contribution in [0.1, 0.15) is 12.5 Å². The van der Waals surface area contributed by atoms with Gasteiger partial charge < -0.3 is 20.1 Å². The highest BCUT2D eigenvalue weighted by molar-refractivity contribution is 5.87. The maximum atomic E-state index is 12.2. The number of carbonyl (C=O) groups is 1. The van der Waals surface area contributed by atoms with Crippen LogP contribution in [0.2, 0.25) is 0 Å². The number of amides is 1. The normalized spacial score (nSPS) is 18.8. The number of carbonyl (C=O) groups excluding carboxylic acids is 1. The van der Waals surface area contributed by atoms with E-state index in [2.05, 4.69) is 10.6 Å². The molecule has 19 heavy (non-hydrogen) atoms. The van der Waals surface area contributed by atoms with Gasteiger partial charge in [-0.2, -0.15) is 0 Å². The molecule has 2 atom stereocenters. The highest BCUT2D eigenvalue weighted by Gasteiger charge is 2.28. The Hall–Kier alpha value is -1.59. The lowest BCUT2D eigenvalue weighted by atomic mass is 10.1. The van der Waals surface area contributed by atoms with Crippen molar-refractivity contribution in [1.82, 2.24) is 5.32 Å². The minimum atomic E-state index is -0.437. The molecule has 1 heterocycles. The molecular formula is C14H20N2O3. The molecule has 0 fully saturated rings. The summed E-state index contributed by atoms with van der Waals surface area (Å²) in [6.07, 6.45) is 0.270. The minimum absolute atomic E-state index is 0.0391. The van der Waals surface area contributed by atoms with E-state index in [0.717, 1.165) is 5.69 Å². The Kier molecular flexibility index (Phi) is 4.39. The Morgan fingerprint density at radius 2 is 2.05 bits per heavy atom. The minimum Gasteiger partial charge on any atom is -0.373 e. The molecule has 5 nitrogen and oxygen atoms in total. The summed E-state index contributed by atoms with van der Waals surface area (Å²) < 4.78 is 10.3. The van der Waals surface area contributed by atoms with Crippen LogP contribution in [0.25, 0.3) is 0 Å². The van der Waals surface area contributed by atoms with Crippen molar-refractivity contribution in [3.63, 3.8) is 0 Å². The molecule has 104 valence electrons. The molecule has 0 radical (unpaired) electrons. The Morgan fingerprint density at radius 3 is 2.68 bits per heavy atom. The first-order valence-electron chi connectivity index (χ1n) is 6.36. The average molecular weight is 264 g/mol. The SMILES string of the molecule is COC(OC)C(C)NC(=O)C1Cc2ccccc2N1. The van der Waals surface area contributed by atoms with Gasteiger partial charge in [-0.05, 0) is 18.6 Å². The van der Waals surface area contributed by atoms with Crippen molar-refractivity contribution >= 4 is 11.6 Å². The van der Waals surface area contributed by atoms with Gasteiger partial charge in [0.25, 0.3) is 0 Å². The van der Waals surface area contributed by atoms with Crippen molar-refractivity contribution in [3.05, 3.63) is 29.8 Å². The van der Waals surface area contributed by atoms with Gasteiger partial charge in [0.05, 0.1) is 6.04 Å². The smallest absolute Gasteiger partial charge is 0.243 e. The Balaban J connectivity index is 1.93. The summed E-state index contributed by atoms with van der Waals surface area (Å²) in [4.78, 5) is 12.2. The quantitative estimate of drug-likeness (QED) is 0.783. The zero-order chi connectivity index (χ0) is 13.8. The van der Waals surface area contributed by atoms with Crippen LogP contribution in [0.15, 0.2) is 24.3 Å². The van der Waals surface area contributed by atoms with Crippen LogP contribution in [0.5, 0.6) is 0 Å². The van der Waals surface area contributed by atoms with Crippen molar-refractivity contribution < 1.29 is 14.3 Å². The van der Waals surface area contributed by atoms with Gasteiger partial charge in [-0.1, -0.05) is 18.2 Å². The highest BCUT2D eigenvalue weighted by Crippen LogP contribution is 2.25. The molecule has 5 heteroatoms. The first-order chi connectivity index (χ1) is 9.15. The molecule has 1 aromatic rings. The average Bonchev–Trinajstić information content (AvgIpc) is 2.84. The number of hydrogen-bond acceptors (Lipinski definition) is 4. The molecule has 0 saturated carbocycles. The van der Waals surface area contributed by atoms with Crippen LogP contribution in [0.4, 0.5) is 5.69 Å². The summed E-state index contributed by atoms with van der Waals surface area (Å²) in [6, 6.07) is 7.53. The van der Waals surface area contributed by atoms with E-state index in [4.69, 9.17) is 9.47 Å². The fourth-order valence-electron chi connectivity index (χ4n) is 2.35. The molecule has 1 aliphatic heterocycles. The second kappa shape index (κ2) is 6.04. The third kappa shape index (κ3) is 3.05. The first kappa shape index (κ1) is 13.8. The van der Waals surface area contributed by atoms with E-state index < -0.39 is 6.29 Å². The number of hydrogen-bond donors (Lipinski definition) is 2. The van der Waals surface area contributed by atoms with Crippen LogP contribution >= 0.6 is 0 Å². The molecule has 0 spiro atoms. The summed E-state index contributed by atoms with van der Waals surface area (Å²) >= 11 is 0. The molecule has 1 aromatic carbocycles. The van der Waals surface area contributed by atoms with E-state index in [9.17, 15) is 4.79 Å². The van der Waals surface area contributed by atoms with Gasteiger partial charge in [0.1, 0.15) is 6.04 Å². The van der Waals surface area contributed by atoms with Crippen LogP contribution in [0.3, 0.4) is 0 Å². The Morgan fingerprint density at radius 1 is 1.37 bits per heavy atom. The zero-order valence-electron chi connectivity index (χ0n) is 11.5. The van der Waals surface area contributed by atoms with Gasteiger partial charge in [0.2, 0.25) is 5.91 Å². The summed E-state index contributed by atoms with van der Waals surface area (Å²) in [5.41, 5.74) is 2.20. The van der Waals surface area contributed by atoms with E-state index in [0.29, 0.717) is 6.42 Å². The second-order valence-electron chi connectivity index (χ2n) is 4.70. The first-order valence-corrected chi connectivity index (χ1v) is 6.36. The van der Waals surface area contributed by atoms with Crippen LogP contribution in [-0.4, -0.2) is 38.5 Å². The van der Waals surface area contributed by atoms with Crippen LogP contribution < -0.4 is 10.6 Å². The lowest BCUT2D eigenvalue weighted by Gasteiger charge is -2.23. The number of fused-ring (bicyclic) bond motifs is 1. The predicted molar refractivity (Wildman–Crippen MR) is 73.0 cm³/mol. The summed E-state index contributed by atoms with van der Waals surface area (Å²) in [5.74, 6) is -0.0391. The number of rotatable bonds is 5. The molecule has 0 aromatic heterocycles. The fourth-order valence-corrected chi connectivity index (χ4v) is 2.35. The van der Waals surface area contributed by atoms with Crippen molar-refractivity contribution in [2.24, 2.45) is 0 Å². The van der Waals surface area contributed by atoms with E-state index in [1.54, 1.807) is 14.2 Å². The Bertz CT molecular complexity index is 421. The van der Waals surface area contributed by atoms with Crippen molar-refractivity contribution in [3.8, 4) is 0 Å². The van der Waals surface area contributed by atoms with Gasteiger partial charge in [0, 0.05) is 26.3 Å². The van der Waals surface area contributed by atoms with E-state index >= 15 is 0 Å². The van der Waals surface area contributed by atoms with Crippen LogP contribution in [-0.2, 0) is 20.7 Å². The zero-order valence-corrected chi connectivity index (χ0v) is 11.5. The van der Waals surface area contributed by atoms with Gasteiger partial charge in [-0.15, -0.1) is 0 Å². The van der Waals surface area contributed by atoms with Crippen molar-refractivity contribution in [2.45, 2.75) is 31.7 Å². The molecule has 0 saturated heterocycles. The standard InChI is InChI=1S/C14H20N2O3/c1-9(14(18-2)19-3)15-13(17)12-8-10-6-4-5-7-11(10)16-12/h4-7,9,12,14,16H,8H2,1-3H3,(H,15,17). The molecule has 2 rings (SSSR count). The van der Waals surface area contributed by atoms with Crippen molar-refractivity contribution in [2.75, 3.05) is 19.5 Å². The highest BCUT2D eigenvalue weighted by atomic mass is 16.7. The molecule has 0 bridgehead atoms. The van der Waals surface area contributed by atoms with E-state index in [1.807, 2.05) is 31.2 Å². The second-order valence-corrected chi connectivity index (χ2v) is 4.70. The molecule has 2 N–H and O–H groups in total. The Labute approximate surface area is 113 Å². The molecular weight excluding hydrogens is 244 g/mol. The summed E-state index contributed by atoms with van der Waals surface area (Å²) in [6.45, 7) is 1.86. The number of para-hydroxylation sites is 1. The maximum absolute atomic E-state index is 12.2. The molecule has 0 aliphatic carbocycles. The number of benzene rings is 1. The third-order valence-electron chi connectivity index (χ3n) is 3.33. The topological polar surface area (TPSA) is 59.6 Å². The third-order valence-corrected chi connectivity index (χ3v) is 3.33. The molecule has 1 amide bonds. The van der Waals surface area contributed by atoms with Gasteiger partial charge in [-0.25, -0.2) is 0 Å². The van der Waals surface area contributed by atoms with Crippen molar-refractivity contribution in [1.29, 1.82) is 0 Å². The molecule has 1 aliphatic rings. The van der Waals surface area contributed by atoms with E-state index in [-0.39, 0.29) is 18.0 Å². The lowest BCUT2D eigenvalue weighted by molar-refractivity contribution is -0.136. The monoisotopic (exact) mass is 264 g/mol. The fraction of sp³-hybridized carbons (Fsp3) is 0.500.